The molecule has 0 aromatic heterocycles. The number of carbonyl (C=O) groups is 1. The third-order valence-electron chi connectivity index (χ3n) is 1.71. The Labute approximate surface area is 112 Å². The van der Waals surface area contributed by atoms with Gasteiger partial charge in [0.15, 0.2) is 0 Å². The topological polar surface area (TPSA) is 41.1 Å². The summed E-state index contributed by atoms with van der Waals surface area (Å²) in [6, 6.07) is 7.46. The van der Waals surface area contributed by atoms with Crippen molar-refractivity contribution in [3.63, 3.8) is 0 Å². The van der Waals surface area contributed by atoms with Crippen LogP contribution >= 0.6 is 31.9 Å². The van der Waals surface area contributed by atoms with Crippen molar-refractivity contribution in [2.24, 2.45) is 0 Å². The van der Waals surface area contributed by atoms with Crippen LogP contribution in [-0.4, -0.2) is 19.0 Å². The second-order valence-electron chi connectivity index (χ2n) is 3.18. The first-order valence-electron chi connectivity index (χ1n) is 4.67. The summed E-state index contributed by atoms with van der Waals surface area (Å²) >= 11 is 6.55. The van der Waals surface area contributed by atoms with E-state index in [0.29, 0.717) is 6.54 Å². The number of benzene rings is 1. The van der Waals surface area contributed by atoms with Crippen LogP contribution in [0.15, 0.2) is 39.8 Å². The fraction of sp³-hybridized carbons (Fsp3) is 0.182. The molecule has 0 bridgehead atoms. The molecule has 5 heteroatoms. The Kier molecular flexibility index (Phi) is 5.73. The number of halogens is 2. The lowest BCUT2D eigenvalue weighted by molar-refractivity contribution is -0.115. The molecule has 0 aliphatic rings. The van der Waals surface area contributed by atoms with Crippen LogP contribution in [0, 0.1) is 0 Å². The molecule has 1 rings (SSSR count). The summed E-state index contributed by atoms with van der Waals surface area (Å²) in [6.45, 7) is 4.50. The SMILES string of the molecule is C=C(Br)CNCC(=O)Nc1cccc(Br)c1. The van der Waals surface area contributed by atoms with Gasteiger partial charge in [0, 0.05) is 21.2 Å². The van der Waals surface area contributed by atoms with Crippen LogP contribution in [0.1, 0.15) is 0 Å². The Hall–Kier alpha value is -0.650. The average Bonchev–Trinajstić information content (AvgIpc) is 2.16. The molecule has 3 nitrogen and oxygen atoms in total. The van der Waals surface area contributed by atoms with E-state index in [1.807, 2.05) is 24.3 Å². The summed E-state index contributed by atoms with van der Waals surface area (Å²) in [5.41, 5.74) is 0.777. The van der Waals surface area contributed by atoms with E-state index >= 15 is 0 Å². The molecule has 1 aromatic rings. The summed E-state index contributed by atoms with van der Waals surface area (Å²) < 4.78 is 1.76. The lowest BCUT2D eigenvalue weighted by atomic mass is 10.3. The van der Waals surface area contributed by atoms with Gasteiger partial charge in [-0.15, -0.1) is 0 Å². The Morgan fingerprint density at radius 2 is 2.12 bits per heavy atom. The molecule has 86 valence electrons. The van der Waals surface area contributed by atoms with Gasteiger partial charge in [0.25, 0.3) is 0 Å². The van der Waals surface area contributed by atoms with Crippen molar-refractivity contribution in [2.75, 3.05) is 18.4 Å². The minimum Gasteiger partial charge on any atom is -0.325 e. The molecular weight excluding hydrogens is 336 g/mol. The molecule has 0 saturated carbocycles. The highest BCUT2D eigenvalue weighted by Crippen LogP contribution is 2.15. The van der Waals surface area contributed by atoms with Crippen LogP contribution in [-0.2, 0) is 4.79 Å². The van der Waals surface area contributed by atoms with Crippen molar-refractivity contribution in [1.29, 1.82) is 0 Å². The maximum absolute atomic E-state index is 11.5. The number of anilines is 1. The fourth-order valence-corrected chi connectivity index (χ4v) is 1.68. The highest BCUT2D eigenvalue weighted by Gasteiger charge is 2.01. The molecule has 0 unspecified atom stereocenters. The van der Waals surface area contributed by atoms with Crippen molar-refractivity contribution < 1.29 is 4.79 Å². The molecule has 1 amide bonds. The third-order valence-corrected chi connectivity index (χ3v) is 2.48. The predicted octanol–water partition coefficient (Wildman–Crippen LogP) is 2.89. The Bertz CT molecular complexity index is 393. The van der Waals surface area contributed by atoms with E-state index in [1.54, 1.807) is 0 Å². The van der Waals surface area contributed by atoms with Gasteiger partial charge >= 0.3 is 0 Å². The molecule has 0 aliphatic heterocycles. The quantitative estimate of drug-likeness (QED) is 0.859. The van der Waals surface area contributed by atoms with E-state index in [1.165, 1.54) is 0 Å². The maximum Gasteiger partial charge on any atom is 0.238 e. The summed E-state index contributed by atoms with van der Waals surface area (Å²) in [4.78, 5) is 11.5. The Morgan fingerprint density at radius 1 is 1.38 bits per heavy atom. The molecule has 1 aromatic carbocycles. The van der Waals surface area contributed by atoms with Gasteiger partial charge in [0.1, 0.15) is 0 Å². The zero-order valence-corrected chi connectivity index (χ0v) is 11.8. The van der Waals surface area contributed by atoms with Crippen LogP contribution < -0.4 is 10.6 Å². The van der Waals surface area contributed by atoms with Gasteiger partial charge < -0.3 is 10.6 Å². The molecule has 0 radical (unpaired) electrons. The van der Waals surface area contributed by atoms with E-state index in [9.17, 15) is 4.79 Å². The van der Waals surface area contributed by atoms with E-state index < -0.39 is 0 Å². The van der Waals surface area contributed by atoms with Crippen molar-refractivity contribution in [2.45, 2.75) is 0 Å². The van der Waals surface area contributed by atoms with Gasteiger partial charge in [0.2, 0.25) is 5.91 Å². The fourth-order valence-electron chi connectivity index (χ4n) is 1.08. The molecule has 0 heterocycles. The van der Waals surface area contributed by atoms with Crippen molar-refractivity contribution >= 4 is 43.5 Å². The van der Waals surface area contributed by atoms with Crippen LogP contribution in [0.4, 0.5) is 5.69 Å². The van der Waals surface area contributed by atoms with Gasteiger partial charge in [0.05, 0.1) is 6.54 Å². The van der Waals surface area contributed by atoms with Gasteiger partial charge in [-0.1, -0.05) is 44.5 Å². The molecule has 0 atom stereocenters. The van der Waals surface area contributed by atoms with Crippen molar-refractivity contribution in [3.8, 4) is 0 Å². The monoisotopic (exact) mass is 346 g/mol. The first kappa shape index (κ1) is 13.4. The smallest absolute Gasteiger partial charge is 0.238 e. The van der Waals surface area contributed by atoms with Gasteiger partial charge in [-0.2, -0.15) is 0 Å². The summed E-state index contributed by atoms with van der Waals surface area (Å²) in [5.74, 6) is -0.0770. The number of carbonyl (C=O) groups excluding carboxylic acids is 1. The summed E-state index contributed by atoms with van der Waals surface area (Å²) in [5, 5.41) is 5.73. The molecule has 2 N–H and O–H groups in total. The van der Waals surface area contributed by atoms with Crippen LogP contribution in [0.3, 0.4) is 0 Å². The van der Waals surface area contributed by atoms with Crippen LogP contribution in [0.2, 0.25) is 0 Å². The van der Waals surface area contributed by atoms with Gasteiger partial charge in [-0.3, -0.25) is 4.79 Å². The standard InChI is InChI=1S/C11H12Br2N2O/c1-8(12)6-14-7-11(16)15-10-4-2-3-9(13)5-10/h2-5,14H,1,6-7H2,(H,15,16). The zero-order chi connectivity index (χ0) is 12.0. The first-order chi connectivity index (χ1) is 7.58. The minimum absolute atomic E-state index is 0.0770. The predicted molar refractivity (Wildman–Crippen MR) is 73.7 cm³/mol. The van der Waals surface area contributed by atoms with E-state index in [-0.39, 0.29) is 12.5 Å². The molecular formula is C11H12Br2N2O. The molecule has 0 fully saturated rings. The normalized spacial score (nSPS) is 9.88. The van der Waals surface area contributed by atoms with Gasteiger partial charge in [-0.25, -0.2) is 0 Å². The van der Waals surface area contributed by atoms with Crippen molar-refractivity contribution in [1.82, 2.24) is 5.32 Å². The van der Waals surface area contributed by atoms with E-state index in [0.717, 1.165) is 14.6 Å². The first-order valence-corrected chi connectivity index (χ1v) is 6.26. The zero-order valence-electron chi connectivity index (χ0n) is 8.59. The number of hydrogen-bond donors (Lipinski definition) is 2. The molecule has 0 aliphatic carbocycles. The molecule has 16 heavy (non-hydrogen) atoms. The van der Waals surface area contributed by atoms with Gasteiger partial charge in [-0.05, 0) is 18.2 Å². The highest BCUT2D eigenvalue weighted by molar-refractivity contribution is 9.11. The van der Waals surface area contributed by atoms with E-state index in [4.69, 9.17) is 0 Å². The second kappa shape index (κ2) is 6.83. The number of nitrogens with one attached hydrogen (secondary N) is 2. The lowest BCUT2D eigenvalue weighted by Gasteiger charge is -2.06. The maximum atomic E-state index is 11.5. The average molecular weight is 348 g/mol. The molecule has 0 saturated heterocycles. The lowest BCUT2D eigenvalue weighted by Crippen LogP contribution is -2.28. The van der Waals surface area contributed by atoms with Crippen LogP contribution in [0.25, 0.3) is 0 Å². The summed E-state index contributed by atoms with van der Waals surface area (Å²) in [6.07, 6.45) is 0. The number of hydrogen-bond acceptors (Lipinski definition) is 2. The Morgan fingerprint density at radius 3 is 2.75 bits per heavy atom. The largest absolute Gasteiger partial charge is 0.325 e. The molecule has 0 spiro atoms. The highest BCUT2D eigenvalue weighted by atomic mass is 79.9. The number of amides is 1. The van der Waals surface area contributed by atoms with E-state index in [2.05, 4.69) is 49.1 Å². The third kappa shape index (κ3) is 5.44. The second-order valence-corrected chi connectivity index (χ2v) is 5.22. The Balaban J connectivity index is 2.37. The number of rotatable bonds is 5. The van der Waals surface area contributed by atoms with Crippen molar-refractivity contribution in [3.05, 3.63) is 39.8 Å². The van der Waals surface area contributed by atoms with Crippen LogP contribution in [0.5, 0.6) is 0 Å². The summed E-state index contributed by atoms with van der Waals surface area (Å²) in [7, 11) is 0. The minimum atomic E-state index is -0.0770.